The highest BCUT2D eigenvalue weighted by Gasteiger charge is 2.58. The van der Waals surface area contributed by atoms with E-state index < -0.39 is 21.1 Å². The van der Waals surface area contributed by atoms with Crippen LogP contribution in [0.25, 0.3) is 0 Å². The van der Waals surface area contributed by atoms with Crippen molar-refractivity contribution in [1.82, 2.24) is 0 Å². The highest BCUT2D eigenvalue weighted by atomic mass is 33.1. The zero-order valence-electron chi connectivity index (χ0n) is 17.6. The van der Waals surface area contributed by atoms with Gasteiger partial charge in [0.2, 0.25) is 0 Å². The summed E-state index contributed by atoms with van der Waals surface area (Å²) in [6.07, 6.45) is 9.63. The van der Waals surface area contributed by atoms with Gasteiger partial charge in [0, 0.05) is 12.2 Å². The third-order valence-electron chi connectivity index (χ3n) is 9.16. The first-order valence-electron chi connectivity index (χ1n) is 11.2. The molecule has 0 radical (unpaired) electrons. The van der Waals surface area contributed by atoms with Crippen LogP contribution in [0.5, 0.6) is 0 Å². The zero-order chi connectivity index (χ0) is 21.0. The lowest BCUT2D eigenvalue weighted by molar-refractivity contribution is -0.131. The number of Topliss-reactive ketones (excluding diaryl/α,β-unsaturated/α-hetero) is 1. The highest BCUT2D eigenvalue weighted by molar-refractivity contribution is 8.72. The number of halogens is 1. The Balaban J connectivity index is 1.46. The van der Waals surface area contributed by atoms with Crippen molar-refractivity contribution < 1.29 is 22.7 Å². The van der Waals surface area contributed by atoms with E-state index in [1.165, 1.54) is 6.26 Å². The summed E-state index contributed by atoms with van der Waals surface area (Å²) in [7, 11) is -2.42. The summed E-state index contributed by atoms with van der Waals surface area (Å²) < 4.78 is 36.3. The van der Waals surface area contributed by atoms with Gasteiger partial charge in [0.1, 0.15) is 12.5 Å². The Labute approximate surface area is 178 Å². The van der Waals surface area contributed by atoms with E-state index in [4.69, 9.17) is 0 Å². The van der Waals surface area contributed by atoms with Crippen LogP contribution in [0, 0.1) is 40.9 Å². The van der Waals surface area contributed by atoms with Gasteiger partial charge in [0.05, 0.1) is 11.4 Å². The van der Waals surface area contributed by atoms with Gasteiger partial charge in [-0.05, 0) is 104 Å². The second-order valence-corrected chi connectivity index (χ2v) is 15.1. The largest absolute Gasteiger partial charge is 0.387 e. The highest BCUT2D eigenvalue weighted by Crippen LogP contribution is 2.64. The van der Waals surface area contributed by atoms with Crippen LogP contribution in [-0.2, 0) is 13.7 Å². The quantitative estimate of drug-likeness (QED) is 0.640. The van der Waals surface area contributed by atoms with Crippen molar-refractivity contribution in [3.05, 3.63) is 0 Å². The maximum atomic E-state index is 13.3. The van der Waals surface area contributed by atoms with E-state index in [1.54, 1.807) is 0 Å². The molecule has 4 rings (SSSR count). The predicted octanol–water partition coefficient (Wildman–Crippen LogP) is 4.22. The number of carbonyl (C=O) groups is 1. The van der Waals surface area contributed by atoms with Gasteiger partial charge in [-0.2, -0.15) is 0 Å². The normalized spacial score (nSPS) is 47.2. The third kappa shape index (κ3) is 4.05. The average molecular weight is 447 g/mol. The smallest absolute Gasteiger partial charge is 0.199 e. The third-order valence-corrected chi connectivity index (χ3v) is 11.6. The molecule has 0 aromatic heterocycles. The first-order valence-corrected chi connectivity index (χ1v) is 14.6. The molecular weight excluding hydrogens is 411 g/mol. The fourth-order valence-electron chi connectivity index (χ4n) is 7.88. The Bertz CT molecular complexity index is 756. The Kier molecular flexibility index (Phi) is 5.91. The lowest BCUT2D eigenvalue weighted by Crippen LogP contribution is -2.52. The summed E-state index contributed by atoms with van der Waals surface area (Å²) in [5.74, 6) is 3.04. The molecule has 0 aromatic rings. The van der Waals surface area contributed by atoms with E-state index in [0.29, 0.717) is 42.4 Å². The number of aliphatic hydroxyl groups is 1. The van der Waals surface area contributed by atoms with Gasteiger partial charge in [-0.3, -0.25) is 4.79 Å². The number of carbonyl (C=O) groups excluding carboxylic acids is 1. The number of ketones is 1. The van der Waals surface area contributed by atoms with Crippen LogP contribution in [0.4, 0.5) is 4.39 Å². The van der Waals surface area contributed by atoms with Crippen molar-refractivity contribution >= 4 is 25.4 Å². The first-order chi connectivity index (χ1) is 13.6. The van der Waals surface area contributed by atoms with E-state index in [-0.39, 0.29) is 22.9 Å². The van der Waals surface area contributed by atoms with Gasteiger partial charge in [-0.15, -0.1) is 0 Å². The molecule has 0 aliphatic heterocycles. The van der Waals surface area contributed by atoms with Gasteiger partial charge >= 0.3 is 0 Å². The average Bonchev–Trinajstić information content (AvgIpc) is 3.02. The molecule has 3 unspecified atom stereocenters. The standard InChI is InChI=1S/C22H35FO4S2/c1-21-9-7-16-15-8-10-22(25,13-23)11-14(15)3-4-17(16)18(21)5-6-19(21)20(24)12-28-29(2,26)27/h14-19,25H,3-13H2,1-2H3/t14-,15-,16?,17?,18?,19+,21-,22+/m0/s1. The summed E-state index contributed by atoms with van der Waals surface area (Å²) >= 11 is 0. The molecule has 8 atom stereocenters. The summed E-state index contributed by atoms with van der Waals surface area (Å²) in [5, 5.41) is 10.5. The molecule has 4 nitrogen and oxygen atoms in total. The summed E-state index contributed by atoms with van der Waals surface area (Å²) in [6.45, 7) is 1.66. The van der Waals surface area contributed by atoms with Gasteiger partial charge in [-0.25, -0.2) is 12.8 Å². The first kappa shape index (κ1) is 22.1. The SMILES string of the molecule is C[C@]12CCC3C(CC[C@H]4C[C@@](O)(CF)CC[C@H]34)C1CC[C@@H]2C(=O)CSS(C)(=O)=O. The van der Waals surface area contributed by atoms with Gasteiger partial charge < -0.3 is 5.11 Å². The van der Waals surface area contributed by atoms with Crippen molar-refractivity contribution in [3.8, 4) is 0 Å². The van der Waals surface area contributed by atoms with Gasteiger partial charge in [0.15, 0.2) is 8.87 Å². The Morgan fingerprint density at radius 1 is 1.07 bits per heavy atom. The van der Waals surface area contributed by atoms with Crippen LogP contribution in [0.1, 0.15) is 64.7 Å². The fourth-order valence-corrected chi connectivity index (χ4v) is 9.40. The molecule has 166 valence electrons. The van der Waals surface area contributed by atoms with Crippen LogP contribution in [0.2, 0.25) is 0 Å². The van der Waals surface area contributed by atoms with E-state index in [9.17, 15) is 22.7 Å². The fraction of sp³-hybridized carbons (Fsp3) is 0.955. The molecular formula is C22H35FO4S2. The van der Waals surface area contributed by atoms with Gasteiger partial charge in [-0.1, -0.05) is 6.92 Å². The molecule has 0 aromatic carbocycles. The van der Waals surface area contributed by atoms with Crippen molar-refractivity contribution in [2.24, 2.45) is 40.9 Å². The van der Waals surface area contributed by atoms with Crippen LogP contribution < -0.4 is 0 Å². The van der Waals surface area contributed by atoms with Crippen molar-refractivity contribution in [1.29, 1.82) is 0 Å². The summed E-state index contributed by atoms with van der Waals surface area (Å²) in [6, 6.07) is 0. The zero-order valence-corrected chi connectivity index (χ0v) is 19.2. The summed E-state index contributed by atoms with van der Waals surface area (Å²) in [4.78, 5) is 12.9. The molecule has 4 aliphatic rings. The van der Waals surface area contributed by atoms with E-state index in [1.807, 2.05) is 0 Å². The van der Waals surface area contributed by atoms with Crippen molar-refractivity contribution in [2.75, 3.05) is 18.7 Å². The second-order valence-electron chi connectivity index (χ2n) is 10.6. The minimum atomic E-state index is -3.19. The molecule has 0 heterocycles. The molecule has 1 N–H and O–H groups in total. The predicted molar refractivity (Wildman–Crippen MR) is 114 cm³/mol. The molecule has 0 saturated heterocycles. The van der Waals surface area contributed by atoms with Crippen LogP contribution >= 0.6 is 10.8 Å². The maximum absolute atomic E-state index is 13.3. The maximum Gasteiger partial charge on any atom is 0.199 e. The van der Waals surface area contributed by atoms with Gasteiger partial charge in [0.25, 0.3) is 0 Å². The molecule has 7 heteroatoms. The Morgan fingerprint density at radius 2 is 1.79 bits per heavy atom. The minimum absolute atomic E-state index is 0.00249. The molecule has 0 bridgehead atoms. The Morgan fingerprint density at radius 3 is 2.48 bits per heavy atom. The monoisotopic (exact) mass is 446 g/mol. The van der Waals surface area contributed by atoms with Crippen molar-refractivity contribution in [2.45, 2.75) is 70.3 Å². The summed E-state index contributed by atoms with van der Waals surface area (Å²) in [5.41, 5.74) is -1.10. The van der Waals surface area contributed by atoms with Crippen LogP contribution in [0.15, 0.2) is 0 Å². The van der Waals surface area contributed by atoms with Crippen molar-refractivity contribution in [3.63, 3.8) is 0 Å². The molecule has 4 aliphatic carbocycles. The number of fused-ring (bicyclic) bond motifs is 5. The lowest BCUT2D eigenvalue weighted by Gasteiger charge is -2.57. The topological polar surface area (TPSA) is 71.4 Å². The number of rotatable bonds is 5. The Hall–Kier alpha value is -0.140. The van der Waals surface area contributed by atoms with Crippen LogP contribution in [-0.4, -0.2) is 43.6 Å². The molecule has 4 fully saturated rings. The van der Waals surface area contributed by atoms with E-state index in [2.05, 4.69) is 6.92 Å². The van der Waals surface area contributed by atoms with Crippen LogP contribution in [0.3, 0.4) is 0 Å². The number of hydrogen-bond donors (Lipinski definition) is 1. The second kappa shape index (κ2) is 7.77. The molecule has 4 saturated carbocycles. The minimum Gasteiger partial charge on any atom is -0.387 e. The molecule has 29 heavy (non-hydrogen) atoms. The van der Waals surface area contributed by atoms with E-state index in [0.717, 1.165) is 55.7 Å². The number of alkyl halides is 1. The lowest BCUT2D eigenvalue weighted by atomic mass is 9.49. The molecule has 0 spiro atoms. The van der Waals surface area contributed by atoms with E-state index >= 15 is 0 Å². The molecule has 0 amide bonds. The number of hydrogen-bond acceptors (Lipinski definition) is 5.